The van der Waals surface area contributed by atoms with E-state index in [2.05, 4.69) is 29.1 Å². The summed E-state index contributed by atoms with van der Waals surface area (Å²) in [5, 5.41) is 3.43. The van der Waals surface area contributed by atoms with Crippen LogP contribution in [0.25, 0.3) is 11.4 Å². The lowest BCUT2D eigenvalue weighted by atomic mass is 10.1. The van der Waals surface area contributed by atoms with Crippen molar-refractivity contribution in [3.8, 4) is 11.4 Å². The number of fused-ring (bicyclic) bond motifs is 1. The van der Waals surface area contributed by atoms with E-state index in [0.717, 1.165) is 29.7 Å². The first-order valence-electron chi connectivity index (χ1n) is 10.4. The molecule has 0 amide bonds. The summed E-state index contributed by atoms with van der Waals surface area (Å²) in [5.41, 5.74) is 3.32. The molecule has 0 fully saturated rings. The third kappa shape index (κ3) is 4.22. The molecule has 0 unspecified atom stereocenters. The SMILES string of the molecule is CCCN=C1OC(=NCCC)c2c(Nc3ccccc3)nc(-c3ccccc3)nc21. The van der Waals surface area contributed by atoms with Crippen molar-refractivity contribution >= 4 is 23.3 Å². The van der Waals surface area contributed by atoms with Crippen molar-refractivity contribution in [2.24, 2.45) is 9.98 Å². The Morgan fingerprint density at radius 3 is 2.10 bits per heavy atom. The van der Waals surface area contributed by atoms with Gasteiger partial charge in [-0.3, -0.25) is 4.99 Å². The van der Waals surface area contributed by atoms with Gasteiger partial charge in [-0.15, -0.1) is 0 Å². The highest BCUT2D eigenvalue weighted by molar-refractivity contribution is 6.20. The zero-order valence-electron chi connectivity index (χ0n) is 17.3. The number of hydrogen-bond donors (Lipinski definition) is 1. The highest BCUT2D eigenvalue weighted by Crippen LogP contribution is 2.31. The Hall–Kier alpha value is -3.54. The second-order valence-corrected chi connectivity index (χ2v) is 6.95. The average molecular weight is 399 g/mol. The monoisotopic (exact) mass is 399 g/mol. The molecule has 6 nitrogen and oxygen atoms in total. The normalized spacial score (nSPS) is 15.3. The number of aromatic nitrogens is 2. The Morgan fingerprint density at radius 2 is 1.43 bits per heavy atom. The molecule has 2 heterocycles. The standard InChI is InChI=1S/C24H25N5O/c1-3-15-25-23-19-20(24(30-23)26-16-4-2)28-21(17-11-7-5-8-12-17)29-22(19)27-18-13-9-6-10-14-18/h5-14H,3-4,15-16H2,1-2H3,(H,27,28,29). The number of rotatable bonds is 7. The first-order valence-corrected chi connectivity index (χ1v) is 10.4. The summed E-state index contributed by atoms with van der Waals surface area (Å²) < 4.78 is 6.06. The molecule has 0 radical (unpaired) electrons. The Bertz CT molecular complexity index is 1060. The molecule has 1 aliphatic rings. The molecule has 0 bridgehead atoms. The summed E-state index contributed by atoms with van der Waals surface area (Å²) in [5.74, 6) is 2.33. The third-order valence-electron chi connectivity index (χ3n) is 4.55. The largest absolute Gasteiger partial charge is 0.418 e. The number of nitrogens with one attached hydrogen (secondary N) is 1. The first kappa shape index (κ1) is 19.8. The fourth-order valence-corrected chi connectivity index (χ4v) is 3.12. The third-order valence-corrected chi connectivity index (χ3v) is 4.55. The van der Waals surface area contributed by atoms with Gasteiger partial charge >= 0.3 is 0 Å². The lowest BCUT2D eigenvalue weighted by molar-refractivity contribution is 0.552. The van der Waals surface area contributed by atoms with E-state index < -0.39 is 0 Å². The second kappa shape index (κ2) is 9.31. The summed E-state index contributed by atoms with van der Waals surface area (Å²) >= 11 is 0. The van der Waals surface area contributed by atoms with Gasteiger partial charge in [0, 0.05) is 24.3 Å². The van der Waals surface area contributed by atoms with Crippen molar-refractivity contribution in [1.82, 2.24) is 9.97 Å². The predicted octanol–water partition coefficient (Wildman–Crippen LogP) is 5.23. The van der Waals surface area contributed by atoms with Crippen molar-refractivity contribution in [2.45, 2.75) is 26.7 Å². The Kier molecular flexibility index (Phi) is 6.13. The molecule has 3 aromatic rings. The summed E-state index contributed by atoms with van der Waals surface area (Å²) in [4.78, 5) is 18.9. The first-order chi connectivity index (χ1) is 14.8. The number of para-hydroxylation sites is 1. The molecular formula is C24H25N5O. The Morgan fingerprint density at radius 1 is 0.800 bits per heavy atom. The Labute approximate surface area is 176 Å². The smallest absolute Gasteiger partial charge is 0.243 e. The topological polar surface area (TPSA) is 71.8 Å². The summed E-state index contributed by atoms with van der Waals surface area (Å²) in [6, 6.07) is 19.9. The molecule has 0 aliphatic carbocycles. The van der Waals surface area contributed by atoms with Gasteiger partial charge in [0.2, 0.25) is 11.8 Å². The maximum Gasteiger partial charge on any atom is 0.243 e. The molecule has 0 spiro atoms. The maximum atomic E-state index is 6.06. The van der Waals surface area contributed by atoms with Crippen molar-refractivity contribution in [2.75, 3.05) is 18.4 Å². The van der Waals surface area contributed by atoms with Crippen LogP contribution in [0.5, 0.6) is 0 Å². The van der Waals surface area contributed by atoms with Crippen LogP contribution >= 0.6 is 0 Å². The van der Waals surface area contributed by atoms with Crippen LogP contribution < -0.4 is 5.32 Å². The van der Waals surface area contributed by atoms with E-state index in [1.165, 1.54) is 0 Å². The van der Waals surface area contributed by atoms with Crippen LogP contribution in [0.3, 0.4) is 0 Å². The van der Waals surface area contributed by atoms with Gasteiger partial charge in [0.1, 0.15) is 17.1 Å². The molecule has 1 aliphatic heterocycles. The van der Waals surface area contributed by atoms with Gasteiger partial charge in [0.05, 0.1) is 0 Å². The van der Waals surface area contributed by atoms with E-state index in [9.17, 15) is 0 Å². The molecular weight excluding hydrogens is 374 g/mol. The minimum absolute atomic E-state index is 0.511. The maximum absolute atomic E-state index is 6.06. The molecule has 0 atom stereocenters. The fraction of sp³-hybridized carbons (Fsp3) is 0.250. The number of ether oxygens (including phenoxy) is 1. The second-order valence-electron chi connectivity index (χ2n) is 6.95. The van der Waals surface area contributed by atoms with Gasteiger partial charge in [-0.25, -0.2) is 15.0 Å². The van der Waals surface area contributed by atoms with Crippen LogP contribution in [0.15, 0.2) is 70.6 Å². The van der Waals surface area contributed by atoms with E-state index in [-0.39, 0.29) is 0 Å². The molecule has 0 saturated carbocycles. The summed E-state index contributed by atoms with van der Waals surface area (Å²) in [6.45, 7) is 5.51. The summed E-state index contributed by atoms with van der Waals surface area (Å²) in [7, 11) is 0. The fourth-order valence-electron chi connectivity index (χ4n) is 3.12. The minimum atomic E-state index is 0.511. The quantitative estimate of drug-likeness (QED) is 0.590. The van der Waals surface area contributed by atoms with Crippen molar-refractivity contribution in [3.63, 3.8) is 0 Å². The zero-order valence-corrected chi connectivity index (χ0v) is 17.3. The van der Waals surface area contributed by atoms with Crippen LogP contribution in [-0.2, 0) is 4.74 Å². The molecule has 1 N–H and O–H groups in total. The zero-order chi connectivity index (χ0) is 20.8. The predicted molar refractivity (Wildman–Crippen MR) is 122 cm³/mol. The van der Waals surface area contributed by atoms with Crippen LogP contribution in [0.2, 0.25) is 0 Å². The molecule has 6 heteroatoms. The van der Waals surface area contributed by atoms with Gasteiger partial charge in [-0.1, -0.05) is 62.4 Å². The number of nitrogens with zero attached hydrogens (tertiary/aromatic N) is 4. The van der Waals surface area contributed by atoms with E-state index in [0.29, 0.717) is 42.2 Å². The molecule has 1 aromatic heterocycles. The van der Waals surface area contributed by atoms with Crippen molar-refractivity contribution < 1.29 is 4.74 Å². The summed E-state index contributed by atoms with van der Waals surface area (Å²) in [6.07, 6.45) is 1.85. The van der Waals surface area contributed by atoms with Gasteiger partial charge in [0.15, 0.2) is 5.82 Å². The highest BCUT2D eigenvalue weighted by atomic mass is 16.5. The van der Waals surface area contributed by atoms with Crippen molar-refractivity contribution in [3.05, 3.63) is 71.9 Å². The number of benzene rings is 2. The lowest BCUT2D eigenvalue weighted by Gasteiger charge is -2.11. The van der Waals surface area contributed by atoms with E-state index in [4.69, 9.17) is 14.7 Å². The molecule has 0 saturated heterocycles. The van der Waals surface area contributed by atoms with Crippen LogP contribution in [-0.4, -0.2) is 34.9 Å². The lowest BCUT2D eigenvalue weighted by Crippen LogP contribution is -2.08. The molecule has 30 heavy (non-hydrogen) atoms. The van der Waals surface area contributed by atoms with Crippen LogP contribution in [0.4, 0.5) is 11.5 Å². The molecule has 152 valence electrons. The van der Waals surface area contributed by atoms with Gasteiger partial charge in [-0.2, -0.15) is 0 Å². The molecule has 4 rings (SSSR count). The van der Waals surface area contributed by atoms with Crippen LogP contribution in [0.1, 0.15) is 37.9 Å². The van der Waals surface area contributed by atoms with Crippen LogP contribution in [0, 0.1) is 0 Å². The average Bonchev–Trinajstić information content (AvgIpc) is 3.15. The van der Waals surface area contributed by atoms with E-state index >= 15 is 0 Å². The molecule has 2 aromatic carbocycles. The number of hydrogen-bond acceptors (Lipinski definition) is 6. The van der Waals surface area contributed by atoms with Crippen molar-refractivity contribution in [1.29, 1.82) is 0 Å². The van der Waals surface area contributed by atoms with E-state index in [1.54, 1.807) is 0 Å². The number of aliphatic imine (C=N–C) groups is 2. The highest BCUT2D eigenvalue weighted by Gasteiger charge is 2.33. The number of anilines is 2. The van der Waals surface area contributed by atoms with Gasteiger partial charge in [0.25, 0.3) is 0 Å². The van der Waals surface area contributed by atoms with Gasteiger partial charge in [-0.05, 0) is 25.0 Å². The Balaban J connectivity index is 1.89. The minimum Gasteiger partial charge on any atom is -0.418 e. The van der Waals surface area contributed by atoms with E-state index in [1.807, 2.05) is 60.7 Å². The van der Waals surface area contributed by atoms with Gasteiger partial charge < -0.3 is 10.1 Å².